The van der Waals surface area contributed by atoms with Gasteiger partial charge in [0.1, 0.15) is 5.75 Å². The lowest BCUT2D eigenvalue weighted by atomic mass is 9.95. The van der Waals surface area contributed by atoms with Crippen LogP contribution in [0.15, 0.2) is 18.2 Å². The normalized spacial score (nSPS) is 11.5. The Bertz CT molecular complexity index is 679. The number of phenolic OH excluding ortho intramolecular Hbond substituents is 1. The first kappa shape index (κ1) is 40.0. The Labute approximate surface area is 271 Å². The maximum Gasteiger partial charge on any atom is 0.119 e. The van der Waals surface area contributed by atoms with Crippen molar-refractivity contribution in [3.8, 4) is 5.75 Å². The van der Waals surface area contributed by atoms with Crippen LogP contribution in [0.5, 0.6) is 5.75 Å². The highest BCUT2D eigenvalue weighted by Crippen LogP contribution is 2.26. The Morgan fingerprint density at radius 3 is 0.953 bits per heavy atom. The number of rotatable bonds is 34. The number of phenols is 1. The second kappa shape index (κ2) is 32.4. The summed E-state index contributed by atoms with van der Waals surface area (Å²) >= 11 is 0. The average Bonchev–Trinajstić information content (AvgIpc) is 3.01. The van der Waals surface area contributed by atoms with E-state index < -0.39 is 0 Å². The summed E-state index contributed by atoms with van der Waals surface area (Å²) in [7, 11) is 0. The molecule has 1 N–H and O–H groups in total. The summed E-state index contributed by atoms with van der Waals surface area (Å²) in [5.74, 6) is 0.537. The van der Waals surface area contributed by atoms with Crippen LogP contribution in [0, 0.1) is 0 Å². The molecular weight excluding hydrogens is 520 g/mol. The van der Waals surface area contributed by atoms with E-state index in [1.807, 2.05) is 12.1 Å². The number of aryl methyl sites for hydroxylation is 1. The van der Waals surface area contributed by atoms with Gasteiger partial charge in [-0.15, -0.1) is 0 Å². The summed E-state index contributed by atoms with van der Waals surface area (Å²) in [5.41, 5.74) is 2.65. The van der Waals surface area contributed by atoms with Gasteiger partial charge in [-0.3, -0.25) is 0 Å². The lowest BCUT2D eigenvalue weighted by molar-refractivity contribution is 0.464. The maximum atomic E-state index is 10.6. The van der Waals surface area contributed by atoms with E-state index >= 15 is 0 Å². The van der Waals surface area contributed by atoms with Crippen LogP contribution < -0.4 is 0 Å². The Kier molecular flexibility index (Phi) is 30.2. The molecule has 1 aromatic carbocycles. The molecule has 0 atom stereocenters. The summed E-state index contributed by atoms with van der Waals surface area (Å²) in [6.07, 6.45) is 47.4. The molecule has 0 aliphatic rings. The van der Waals surface area contributed by atoms with Crippen molar-refractivity contribution in [2.45, 2.75) is 232 Å². The molecule has 0 spiro atoms. The maximum absolute atomic E-state index is 10.6. The van der Waals surface area contributed by atoms with Crippen LogP contribution in [0.3, 0.4) is 0 Å². The van der Waals surface area contributed by atoms with E-state index in [-0.39, 0.29) is 0 Å². The van der Waals surface area contributed by atoms with Gasteiger partial charge in [0, 0.05) is 0 Å². The fourth-order valence-electron chi connectivity index (χ4n) is 6.86. The highest BCUT2D eigenvalue weighted by atomic mass is 16.3. The summed E-state index contributed by atoms with van der Waals surface area (Å²) in [6.45, 7) is 4.60. The van der Waals surface area contributed by atoms with Crippen molar-refractivity contribution < 1.29 is 5.11 Å². The molecule has 0 saturated carbocycles. The molecule has 0 aromatic heterocycles. The van der Waals surface area contributed by atoms with Crippen molar-refractivity contribution in [3.63, 3.8) is 0 Å². The topological polar surface area (TPSA) is 20.2 Å². The summed E-state index contributed by atoms with van der Waals surface area (Å²) in [6, 6.07) is 6.22. The van der Waals surface area contributed by atoms with E-state index in [1.165, 1.54) is 217 Å². The van der Waals surface area contributed by atoms with Gasteiger partial charge in [0.15, 0.2) is 0 Å². The molecule has 0 saturated heterocycles. The van der Waals surface area contributed by atoms with Crippen molar-refractivity contribution in [1.82, 2.24) is 0 Å². The average molecular weight is 599 g/mol. The largest absolute Gasteiger partial charge is 0.508 e. The Balaban J connectivity index is 1.95. The highest BCUT2D eigenvalue weighted by molar-refractivity contribution is 5.39. The smallest absolute Gasteiger partial charge is 0.119 e. The molecular formula is C42H78O. The van der Waals surface area contributed by atoms with Gasteiger partial charge in [-0.1, -0.05) is 219 Å². The Morgan fingerprint density at radius 2 is 0.628 bits per heavy atom. The molecule has 1 rings (SSSR count). The second-order valence-electron chi connectivity index (χ2n) is 14.0. The van der Waals surface area contributed by atoms with Crippen LogP contribution in [0.25, 0.3) is 0 Å². The Hall–Kier alpha value is -0.980. The van der Waals surface area contributed by atoms with E-state index in [9.17, 15) is 5.11 Å². The number of aromatic hydroxyl groups is 1. The van der Waals surface area contributed by atoms with Crippen molar-refractivity contribution in [3.05, 3.63) is 29.3 Å². The van der Waals surface area contributed by atoms with Gasteiger partial charge in [0.25, 0.3) is 0 Å². The van der Waals surface area contributed by atoms with Crippen LogP contribution in [0.2, 0.25) is 0 Å². The molecule has 43 heavy (non-hydrogen) atoms. The van der Waals surface area contributed by atoms with Gasteiger partial charge in [-0.2, -0.15) is 0 Å². The van der Waals surface area contributed by atoms with E-state index in [1.54, 1.807) is 0 Å². The molecule has 0 aliphatic carbocycles. The van der Waals surface area contributed by atoms with Gasteiger partial charge in [0.05, 0.1) is 0 Å². The predicted octanol–water partition coefficient (Wildman–Crippen LogP) is 15.0. The molecule has 0 heterocycles. The van der Waals surface area contributed by atoms with Gasteiger partial charge >= 0.3 is 0 Å². The fourth-order valence-corrected chi connectivity index (χ4v) is 6.86. The fraction of sp³-hybridized carbons (Fsp3) is 0.857. The van der Waals surface area contributed by atoms with Crippen molar-refractivity contribution >= 4 is 0 Å². The minimum Gasteiger partial charge on any atom is -0.508 e. The summed E-state index contributed by atoms with van der Waals surface area (Å²) < 4.78 is 0. The standard InChI is InChI=1S/C42H78O/c1-3-5-7-9-11-13-15-17-19-21-23-25-27-29-31-33-36-40-37-35-39-42(43)41(40)38-34-32-30-28-26-24-22-20-18-16-14-12-10-8-6-4-2/h35,37,39,43H,3-34,36,38H2,1-2H3. The zero-order valence-corrected chi connectivity index (χ0v) is 29.7. The molecule has 0 bridgehead atoms. The van der Waals surface area contributed by atoms with Crippen molar-refractivity contribution in [2.75, 3.05) is 0 Å². The molecule has 0 amide bonds. The Morgan fingerprint density at radius 1 is 0.349 bits per heavy atom. The van der Waals surface area contributed by atoms with Crippen molar-refractivity contribution in [2.24, 2.45) is 0 Å². The minimum atomic E-state index is 0.537. The van der Waals surface area contributed by atoms with Gasteiger partial charge in [0.2, 0.25) is 0 Å². The lowest BCUT2D eigenvalue weighted by Crippen LogP contribution is -1.96. The molecule has 0 radical (unpaired) electrons. The van der Waals surface area contributed by atoms with Gasteiger partial charge in [-0.25, -0.2) is 0 Å². The van der Waals surface area contributed by atoms with Crippen LogP contribution in [-0.2, 0) is 12.8 Å². The van der Waals surface area contributed by atoms with Crippen molar-refractivity contribution in [1.29, 1.82) is 0 Å². The molecule has 252 valence electrons. The zero-order chi connectivity index (χ0) is 30.9. The predicted molar refractivity (Wildman–Crippen MR) is 195 cm³/mol. The summed E-state index contributed by atoms with van der Waals surface area (Å²) in [4.78, 5) is 0. The van der Waals surface area contributed by atoms with Crippen LogP contribution in [0.4, 0.5) is 0 Å². The summed E-state index contributed by atoms with van der Waals surface area (Å²) in [5, 5.41) is 10.6. The van der Waals surface area contributed by atoms with E-state index in [4.69, 9.17) is 0 Å². The quantitative estimate of drug-likeness (QED) is 0.0782. The minimum absolute atomic E-state index is 0.537. The highest BCUT2D eigenvalue weighted by Gasteiger charge is 2.08. The monoisotopic (exact) mass is 599 g/mol. The molecule has 1 aromatic rings. The molecule has 1 nitrogen and oxygen atoms in total. The third kappa shape index (κ3) is 26.0. The molecule has 0 fully saturated rings. The first-order chi connectivity index (χ1) is 21.3. The molecule has 1 heteroatoms. The number of unbranched alkanes of at least 4 members (excludes halogenated alkanes) is 30. The molecule has 0 aliphatic heterocycles. The van der Waals surface area contributed by atoms with E-state index in [0.29, 0.717) is 5.75 Å². The first-order valence-corrected chi connectivity index (χ1v) is 20.1. The third-order valence-electron chi connectivity index (χ3n) is 9.83. The van der Waals surface area contributed by atoms with Crippen LogP contribution in [0.1, 0.15) is 230 Å². The number of benzene rings is 1. The lowest BCUT2D eigenvalue weighted by Gasteiger charge is -2.12. The van der Waals surface area contributed by atoms with E-state index in [2.05, 4.69) is 19.9 Å². The molecule has 0 unspecified atom stereocenters. The van der Waals surface area contributed by atoms with Crippen LogP contribution in [-0.4, -0.2) is 5.11 Å². The number of hydrogen-bond donors (Lipinski definition) is 1. The SMILES string of the molecule is CCCCCCCCCCCCCCCCCCc1cccc(O)c1CCCCCCCCCCCCCCCCCC. The van der Waals surface area contributed by atoms with Gasteiger partial charge in [-0.05, 0) is 42.9 Å². The second-order valence-corrected chi connectivity index (χ2v) is 14.0. The van der Waals surface area contributed by atoms with E-state index in [0.717, 1.165) is 12.8 Å². The first-order valence-electron chi connectivity index (χ1n) is 20.1. The van der Waals surface area contributed by atoms with Gasteiger partial charge < -0.3 is 5.11 Å². The number of hydrogen-bond acceptors (Lipinski definition) is 1. The van der Waals surface area contributed by atoms with Crippen LogP contribution >= 0.6 is 0 Å². The zero-order valence-electron chi connectivity index (χ0n) is 29.7. The third-order valence-corrected chi connectivity index (χ3v) is 9.83.